The number of likely N-dealkylation sites (N-methyl/N-ethyl adjacent to an activating group) is 1. The van der Waals surface area contributed by atoms with E-state index >= 15 is 0 Å². The first-order chi connectivity index (χ1) is 29.6. The molecule has 352 valence electrons. The van der Waals surface area contributed by atoms with Crippen LogP contribution in [-0.2, 0) is 33.3 Å². The molecule has 0 amide bonds. The Morgan fingerprint density at radius 3 is 1.38 bits per heavy atom. The highest BCUT2D eigenvalue weighted by atomic mass is 16.7. The van der Waals surface area contributed by atoms with Crippen LogP contribution in [0, 0.1) is 0 Å². The van der Waals surface area contributed by atoms with Gasteiger partial charge in [-0.1, -0.05) is 164 Å². The van der Waals surface area contributed by atoms with Gasteiger partial charge in [-0.15, -0.1) is 0 Å². The number of hydrogen-bond donors (Lipinski definition) is 1. The summed E-state index contributed by atoms with van der Waals surface area (Å²) < 4.78 is 22.7. The van der Waals surface area contributed by atoms with E-state index < -0.39 is 24.3 Å². The van der Waals surface area contributed by atoms with E-state index in [0.717, 1.165) is 89.9 Å². The van der Waals surface area contributed by atoms with Gasteiger partial charge in [0.25, 0.3) is 6.29 Å². The van der Waals surface area contributed by atoms with Crippen molar-refractivity contribution in [1.29, 1.82) is 0 Å². The number of rotatable bonds is 44. The van der Waals surface area contributed by atoms with Gasteiger partial charge in [0.2, 0.25) is 0 Å². The molecule has 0 aromatic carbocycles. The SMILES string of the molecule is CCC/C=C\C/C=C\CCCCCCCC(=O)OCC(COC(OCC[N+](C)(C)C)C(=O)O)OC(=O)CCCCCCCCCC/C=C\C/C=C\C/C=C\CCCCCCC. The first-order valence-corrected chi connectivity index (χ1v) is 24.5. The molecule has 0 spiro atoms. The van der Waals surface area contributed by atoms with E-state index in [0.29, 0.717) is 17.4 Å². The predicted octanol–water partition coefficient (Wildman–Crippen LogP) is 13.3. The molecule has 0 radical (unpaired) electrons. The Hall–Kier alpha value is -3.01. The van der Waals surface area contributed by atoms with Crippen LogP contribution in [0.5, 0.6) is 0 Å². The highest BCUT2D eigenvalue weighted by Crippen LogP contribution is 2.14. The van der Waals surface area contributed by atoms with Crippen LogP contribution in [0.4, 0.5) is 0 Å². The van der Waals surface area contributed by atoms with Crippen molar-refractivity contribution in [1.82, 2.24) is 0 Å². The van der Waals surface area contributed by atoms with E-state index in [-0.39, 0.29) is 38.6 Å². The summed E-state index contributed by atoms with van der Waals surface area (Å²) in [5.41, 5.74) is 0. The summed E-state index contributed by atoms with van der Waals surface area (Å²) >= 11 is 0. The zero-order chi connectivity index (χ0) is 44.9. The number of carboxylic acid groups (broad SMARTS) is 1. The van der Waals surface area contributed by atoms with Gasteiger partial charge in [-0.05, 0) is 77.0 Å². The van der Waals surface area contributed by atoms with E-state index in [1.54, 1.807) is 0 Å². The number of aliphatic carboxylic acids is 1. The maximum atomic E-state index is 12.8. The van der Waals surface area contributed by atoms with Crippen LogP contribution < -0.4 is 0 Å². The first kappa shape index (κ1) is 58.0. The second-order valence-electron chi connectivity index (χ2n) is 17.4. The number of quaternary nitrogens is 1. The van der Waals surface area contributed by atoms with Crippen LogP contribution in [0.15, 0.2) is 60.8 Å². The lowest BCUT2D eigenvalue weighted by atomic mass is 10.1. The maximum Gasteiger partial charge on any atom is 0.361 e. The summed E-state index contributed by atoms with van der Waals surface area (Å²) in [6.45, 7) is 4.76. The summed E-state index contributed by atoms with van der Waals surface area (Å²) in [7, 11) is 5.95. The molecule has 0 aromatic rings. The van der Waals surface area contributed by atoms with Crippen molar-refractivity contribution in [2.75, 3.05) is 47.5 Å². The Morgan fingerprint density at radius 1 is 0.492 bits per heavy atom. The lowest BCUT2D eigenvalue weighted by Crippen LogP contribution is -2.40. The number of esters is 2. The van der Waals surface area contributed by atoms with Crippen LogP contribution in [0.25, 0.3) is 0 Å². The molecule has 61 heavy (non-hydrogen) atoms. The zero-order valence-corrected chi connectivity index (χ0v) is 39.8. The molecule has 0 aliphatic rings. The number of unbranched alkanes of at least 4 members (excludes halogenated alkanes) is 19. The largest absolute Gasteiger partial charge is 0.477 e. The minimum absolute atomic E-state index is 0.181. The van der Waals surface area contributed by atoms with Crippen molar-refractivity contribution >= 4 is 17.9 Å². The molecular weight excluding hydrogens is 767 g/mol. The van der Waals surface area contributed by atoms with E-state index in [9.17, 15) is 19.5 Å². The molecule has 2 atom stereocenters. The molecule has 9 heteroatoms. The summed E-state index contributed by atoms with van der Waals surface area (Å²) in [5, 5.41) is 9.65. The second kappa shape index (κ2) is 43.6. The van der Waals surface area contributed by atoms with Crippen molar-refractivity contribution in [3.63, 3.8) is 0 Å². The molecule has 0 saturated carbocycles. The quantitative estimate of drug-likeness (QED) is 0.0212. The fourth-order valence-electron chi connectivity index (χ4n) is 6.41. The van der Waals surface area contributed by atoms with E-state index in [2.05, 4.69) is 74.6 Å². The molecule has 0 bridgehead atoms. The smallest absolute Gasteiger partial charge is 0.361 e. The number of ether oxygens (including phenoxy) is 4. The molecule has 0 rings (SSSR count). The van der Waals surface area contributed by atoms with Crippen molar-refractivity contribution in [3.05, 3.63) is 60.8 Å². The third-order valence-electron chi connectivity index (χ3n) is 10.2. The van der Waals surface area contributed by atoms with Crippen molar-refractivity contribution in [2.24, 2.45) is 0 Å². The third-order valence-corrected chi connectivity index (χ3v) is 10.2. The highest BCUT2D eigenvalue weighted by molar-refractivity contribution is 5.71. The van der Waals surface area contributed by atoms with E-state index in [4.69, 9.17) is 18.9 Å². The monoisotopic (exact) mass is 859 g/mol. The van der Waals surface area contributed by atoms with Gasteiger partial charge < -0.3 is 28.5 Å². The van der Waals surface area contributed by atoms with Gasteiger partial charge in [0.15, 0.2) is 6.10 Å². The minimum Gasteiger partial charge on any atom is -0.477 e. The van der Waals surface area contributed by atoms with Crippen molar-refractivity contribution in [2.45, 2.75) is 206 Å². The minimum atomic E-state index is -1.52. The number of allylic oxidation sites excluding steroid dienone is 10. The van der Waals surface area contributed by atoms with Gasteiger partial charge in [0, 0.05) is 12.8 Å². The average molecular weight is 859 g/mol. The Labute approximate surface area is 374 Å². The molecule has 0 aromatic heterocycles. The van der Waals surface area contributed by atoms with Gasteiger partial charge >= 0.3 is 17.9 Å². The van der Waals surface area contributed by atoms with E-state index in [1.165, 1.54) is 70.6 Å². The lowest BCUT2D eigenvalue weighted by molar-refractivity contribution is -0.870. The number of carbonyl (C=O) groups is 3. The van der Waals surface area contributed by atoms with Crippen molar-refractivity contribution < 1.29 is 42.9 Å². The molecule has 9 nitrogen and oxygen atoms in total. The standard InChI is InChI=1S/C52H91NO8/c1-6-8-10-12-14-16-18-20-21-22-23-24-25-26-27-28-29-31-33-35-37-39-41-43-50(55)61-48(47-60-52(51(56)57)58-45-44-53(3,4)5)46-59-49(54)42-40-38-36-34-32-30-19-17-15-13-11-9-7-2/h11,13,17-20,22-23,25-26,48,52H,6-10,12,14-16,21,24,27-47H2,1-5H3/p+1/b13-11-,19-17-,20-18-,23-22-,26-25-. The van der Waals surface area contributed by atoms with Gasteiger partial charge in [0.1, 0.15) is 13.2 Å². The summed E-state index contributed by atoms with van der Waals surface area (Å²) in [4.78, 5) is 37.2. The van der Waals surface area contributed by atoms with Gasteiger partial charge in [-0.25, -0.2) is 4.79 Å². The molecule has 0 fully saturated rings. The molecular formula is C52H92NO8+. The number of hydrogen-bond acceptors (Lipinski definition) is 7. The van der Waals surface area contributed by atoms with Crippen LogP contribution >= 0.6 is 0 Å². The van der Waals surface area contributed by atoms with Gasteiger partial charge in [-0.2, -0.15) is 0 Å². The predicted molar refractivity (Wildman–Crippen MR) is 253 cm³/mol. The van der Waals surface area contributed by atoms with Gasteiger partial charge in [-0.3, -0.25) is 9.59 Å². The lowest BCUT2D eigenvalue weighted by Gasteiger charge is -2.25. The Bertz CT molecular complexity index is 1180. The molecule has 0 aliphatic heterocycles. The molecule has 0 aliphatic carbocycles. The van der Waals surface area contributed by atoms with Crippen LogP contribution in [0.2, 0.25) is 0 Å². The normalized spacial score (nSPS) is 13.4. The zero-order valence-electron chi connectivity index (χ0n) is 39.8. The summed E-state index contributed by atoms with van der Waals surface area (Å²) in [5.74, 6) is -2.04. The van der Waals surface area contributed by atoms with Crippen LogP contribution in [-0.4, -0.2) is 87.4 Å². The Balaban J connectivity index is 4.37. The van der Waals surface area contributed by atoms with Crippen LogP contribution in [0.3, 0.4) is 0 Å². The topological polar surface area (TPSA) is 108 Å². The summed E-state index contributed by atoms with van der Waals surface area (Å²) in [6, 6.07) is 0. The Kier molecular flexibility index (Phi) is 41.5. The third kappa shape index (κ3) is 44.8. The average Bonchev–Trinajstić information content (AvgIpc) is 3.22. The maximum absolute atomic E-state index is 12.8. The van der Waals surface area contributed by atoms with Crippen molar-refractivity contribution in [3.8, 4) is 0 Å². The number of carbonyl (C=O) groups excluding carboxylic acids is 2. The molecule has 2 unspecified atom stereocenters. The van der Waals surface area contributed by atoms with Crippen LogP contribution in [0.1, 0.15) is 194 Å². The fourth-order valence-corrected chi connectivity index (χ4v) is 6.41. The Morgan fingerprint density at radius 2 is 0.918 bits per heavy atom. The molecule has 1 N–H and O–H groups in total. The van der Waals surface area contributed by atoms with E-state index in [1.807, 2.05) is 21.1 Å². The van der Waals surface area contributed by atoms with Gasteiger partial charge in [0.05, 0.1) is 34.4 Å². The number of carboxylic acids is 1. The summed E-state index contributed by atoms with van der Waals surface area (Å²) in [6.07, 6.45) is 49.9. The highest BCUT2D eigenvalue weighted by Gasteiger charge is 2.25. The number of nitrogens with zero attached hydrogens (tertiary/aromatic N) is 1. The fraction of sp³-hybridized carbons (Fsp3) is 0.750. The first-order valence-electron chi connectivity index (χ1n) is 24.5. The second-order valence-corrected chi connectivity index (χ2v) is 17.4. The molecule has 0 heterocycles. The molecule has 0 saturated heterocycles.